The number of aliphatic hydroxyl groups is 1. The number of pyridine rings is 1. The Labute approximate surface area is 163 Å². The van der Waals surface area contributed by atoms with Gasteiger partial charge in [0.25, 0.3) is 0 Å². The average molecular weight is 414 g/mol. The van der Waals surface area contributed by atoms with Crippen molar-refractivity contribution < 1.29 is 23.0 Å². The number of aromatic nitrogens is 1. The number of alkyl halides is 3. The SMILES string of the molecule is O[C@H](c1ccc(Cl)cc1Cl)c1ncc(C(F)(F)F)cc1Oc1ccccc1. The van der Waals surface area contributed by atoms with Crippen LogP contribution in [0.4, 0.5) is 13.2 Å². The van der Waals surface area contributed by atoms with Crippen LogP contribution in [0.2, 0.25) is 10.0 Å². The number of hydrogen-bond acceptors (Lipinski definition) is 3. The van der Waals surface area contributed by atoms with E-state index in [0.29, 0.717) is 17.0 Å². The summed E-state index contributed by atoms with van der Waals surface area (Å²) in [6.45, 7) is 0. The van der Waals surface area contributed by atoms with Gasteiger partial charge in [-0.3, -0.25) is 4.98 Å². The molecule has 0 aliphatic carbocycles. The summed E-state index contributed by atoms with van der Waals surface area (Å²) >= 11 is 11.9. The van der Waals surface area contributed by atoms with E-state index >= 15 is 0 Å². The summed E-state index contributed by atoms with van der Waals surface area (Å²) in [5.74, 6) is 0.0730. The Bertz CT molecular complexity index is 949. The van der Waals surface area contributed by atoms with Gasteiger partial charge in [0.05, 0.1) is 5.56 Å². The Morgan fingerprint density at radius 3 is 2.33 bits per heavy atom. The molecule has 0 radical (unpaired) electrons. The predicted molar refractivity (Wildman–Crippen MR) is 96.3 cm³/mol. The topological polar surface area (TPSA) is 42.4 Å². The highest BCUT2D eigenvalue weighted by Crippen LogP contribution is 2.38. The number of benzene rings is 2. The van der Waals surface area contributed by atoms with Crippen LogP contribution in [0.3, 0.4) is 0 Å². The van der Waals surface area contributed by atoms with Crippen molar-refractivity contribution >= 4 is 23.2 Å². The molecule has 1 aromatic heterocycles. The molecule has 0 spiro atoms. The van der Waals surface area contributed by atoms with Gasteiger partial charge < -0.3 is 9.84 Å². The molecule has 2 aromatic carbocycles. The summed E-state index contributed by atoms with van der Waals surface area (Å²) in [7, 11) is 0. The van der Waals surface area contributed by atoms with Crippen LogP contribution in [0.5, 0.6) is 11.5 Å². The van der Waals surface area contributed by atoms with Gasteiger partial charge in [-0.2, -0.15) is 13.2 Å². The lowest BCUT2D eigenvalue weighted by Gasteiger charge is -2.18. The molecule has 3 aromatic rings. The van der Waals surface area contributed by atoms with Crippen molar-refractivity contribution in [2.75, 3.05) is 0 Å². The van der Waals surface area contributed by atoms with Crippen LogP contribution in [0.15, 0.2) is 60.8 Å². The van der Waals surface area contributed by atoms with Crippen molar-refractivity contribution in [2.24, 2.45) is 0 Å². The molecule has 0 fully saturated rings. The first-order valence-electron chi connectivity index (χ1n) is 7.69. The molecule has 0 aliphatic heterocycles. The van der Waals surface area contributed by atoms with E-state index < -0.39 is 17.8 Å². The third-order valence-electron chi connectivity index (χ3n) is 3.70. The maximum absolute atomic E-state index is 13.1. The monoisotopic (exact) mass is 413 g/mol. The second-order valence-corrected chi connectivity index (χ2v) is 6.43. The minimum atomic E-state index is -4.61. The first-order valence-corrected chi connectivity index (χ1v) is 8.44. The van der Waals surface area contributed by atoms with Gasteiger partial charge in [0.15, 0.2) is 5.75 Å². The van der Waals surface area contributed by atoms with Crippen LogP contribution < -0.4 is 4.74 Å². The number of nitrogens with zero attached hydrogens (tertiary/aromatic N) is 1. The lowest BCUT2D eigenvalue weighted by atomic mass is 10.0. The fourth-order valence-electron chi connectivity index (χ4n) is 2.38. The Morgan fingerprint density at radius 1 is 1.00 bits per heavy atom. The van der Waals surface area contributed by atoms with Crippen LogP contribution in [-0.2, 0) is 6.18 Å². The Hall–Kier alpha value is -2.28. The molecule has 3 rings (SSSR count). The van der Waals surface area contributed by atoms with Crippen LogP contribution >= 0.6 is 23.2 Å². The van der Waals surface area contributed by atoms with Crippen molar-refractivity contribution in [3.8, 4) is 11.5 Å². The van der Waals surface area contributed by atoms with Gasteiger partial charge in [0.2, 0.25) is 0 Å². The molecule has 0 amide bonds. The minimum Gasteiger partial charge on any atom is -0.455 e. The Kier molecular flexibility index (Phi) is 5.60. The van der Waals surface area contributed by atoms with Gasteiger partial charge in [-0.05, 0) is 30.3 Å². The summed E-state index contributed by atoms with van der Waals surface area (Å²) in [5.41, 5.74) is -0.853. The number of para-hydroxylation sites is 1. The number of aliphatic hydroxyl groups excluding tert-OH is 1. The summed E-state index contributed by atoms with van der Waals surface area (Å²) in [6, 6.07) is 13.4. The molecule has 0 bridgehead atoms. The molecule has 27 heavy (non-hydrogen) atoms. The maximum Gasteiger partial charge on any atom is 0.418 e. The number of hydrogen-bond donors (Lipinski definition) is 1. The number of halogens is 5. The molecule has 0 saturated carbocycles. The molecular formula is C19H12Cl2F3NO2. The third-order valence-corrected chi connectivity index (χ3v) is 4.26. The van der Waals surface area contributed by atoms with Crippen molar-refractivity contribution in [2.45, 2.75) is 12.3 Å². The minimum absolute atomic E-state index is 0.101. The van der Waals surface area contributed by atoms with E-state index in [1.807, 2.05) is 0 Å². The lowest BCUT2D eigenvalue weighted by Crippen LogP contribution is -2.10. The first-order chi connectivity index (χ1) is 12.8. The molecule has 140 valence electrons. The summed E-state index contributed by atoms with van der Waals surface area (Å²) in [5, 5.41) is 11.2. The second kappa shape index (κ2) is 7.76. The first kappa shape index (κ1) is 19.5. The van der Waals surface area contributed by atoms with Crippen LogP contribution in [0.1, 0.15) is 22.9 Å². The van der Waals surface area contributed by atoms with Crippen molar-refractivity contribution in [3.05, 3.63) is 87.7 Å². The quantitative estimate of drug-likeness (QED) is 0.546. The highest BCUT2D eigenvalue weighted by molar-refractivity contribution is 6.35. The molecule has 0 saturated heterocycles. The van der Waals surface area contributed by atoms with Gasteiger partial charge in [-0.15, -0.1) is 0 Å². The zero-order valence-electron chi connectivity index (χ0n) is 13.5. The molecule has 1 atom stereocenters. The highest BCUT2D eigenvalue weighted by atomic mass is 35.5. The predicted octanol–water partition coefficient (Wildman–Crippen LogP) is 6.28. The summed E-state index contributed by atoms with van der Waals surface area (Å²) < 4.78 is 44.8. The number of rotatable bonds is 4. The number of ether oxygens (including phenoxy) is 1. The fourth-order valence-corrected chi connectivity index (χ4v) is 2.90. The maximum atomic E-state index is 13.1. The molecule has 3 nitrogen and oxygen atoms in total. The van der Waals surface area contributed by atoms with E-state index in [1.54, 1.807) is 30.3 Å². The largest absolute Gasteiger partial charge is 0.455 e. The normalized spacial score (nSPS) is 12.7. The van der Waals surface area contributed by atoms with Crippen molar-refractivity contribution in [1.82, 2.24) is 4.98 Å². The average Bonchev–Trinajstić information content (AvgIpc) is 2.61. The zero-order valence-corrected chi connectivity index (χ0v) is 15.1. The molecule has 1 N–H and O–H groups in total. The smallest absolute Gasteiger partial charge is 0.418 e. The van der Waals surface area contributed by atoms with Crippen LogP contribution in [-0.4, -0.2) is 10.1 Å². The van der Waals surface area contributed by atoms with E-state index in [1.165, 1.54) is 18.2 Å². The Morgan fingerprint density at radius 2 is 1.70 bits per heavy atom. The fraction of sp³-hybridized carbons (Fsp3) is 0.105. The standard InChI is InChI=1S/C19H12Cl2F3NO2/c20-12-6-7-14(15(21)9-12)18(26)17-16(27-13-4-2-1-3-5-13)8-11(10-25-17)19(22,23)24/h1-10,18,26H/t18-/m1/s1. The molecular weight excluding hydrogens is 402 g/mol. The van der Waals surface area contributed by atoms with Gasteiger partial charge in [-0.1, -0.05) is 47.5 Å². The summed E-state index contributed by atoms with van der Waals surface area (Å²) in [6.07, 6.45) is -5.38. The summed E-state index contributed by atoms with van der Waals surface area (Å²) in [4.78, 5) is 3.79. The van der Waals surface area contributed by atoms with Gasteiger partial charge in [0.1, 0.15) is 17.5 Å². The second-order valence-electron chi connectivity index (χ2n) is 5.59. The third kappa shape index (κ3) is 4.53. The van der Waals surface area contributed by atoms with Crippen LogP contribution in [0.25, 0.3) is 0 Å². The van der Waals surface area contributed by atoms with E-state index in [-0.39, 0.29) is 22.0 Å². The zero-order chi connectivity index (χ0) is 19.6. The molecule has 0 aliphatic rings. The van der Waals surface area contributed by atoms with Gasteiger partial charge in [-0.25, -0.2) is 0 Å². The Balaban J connectivity index is 2.07. The van der Waals surface area contributed by atoms with Gasteiger partial charge in [0, 0.05) is 21.8 Å². The van der Waals surface area contributed by atoms with Crippen molar-refractivity contribution in [1.29, 1.82) is 0 Å². The van der Waals surface area contributed by atoms with E-state index in [9.17, 15) is 18.3 Å². The van der Waals surface area contributed by atoms with Crippen molar-refractivity contribution in [3.63, 3.8) is 0 Å². The van der Waals surface area contributed by atoms with E-state index in [0.717, 1.165) is 6.07 Å². The van der Waals surface area contributed by atoms with Gasteiger partial charge >= 0.3 is 6.18 Å². The van der Waals surface area contributed by atoms with E-state index in [4.69, 9.17) is 27.9 Å². The highest BCUT2D eigenvalue weighted by Gasteiger charge is 2.33. The van der Waals surface area contributed by atoms with E-state index in [2.05, 4.69) is 4.98 Å². The molecule has 0 unspecified atom stereocenters. The molecule has 8 heteroatoms. The molecule has 1 heterocycles. The lowest BCUT2D eigenvalue weighted by molar-refractivity contribution is -0.138. The van der Waals surface area contributed by atoms with Crippen LogP contribution in [0, 0.1) is 0 Å².